The zero-order valence-corrected chi connectivity index (χ0v) is 30.7. The van der Waals surface area contributed by atoms with Crippen molar-refractivity contribution in [3.63, 3.8) is 0 Å². The Bertz CT molecular complexity index is 614. The maximum Gasteiger partial charge on any atom is 0.302 e. The highest BCUT2D eigenvalue weighted by atomic mass is 32.4. The molecule has 2 nitrogen and oxygen atoms in total. The van der Waals surface area contributed by atoms with Gasteiger partial charge in [0.2, 0.25) is 0 Å². The van der Waals surface area contributed by atoms with Gasteiger partial charge < -0.3 is 4.74 Å². The first-order chi connectivity index (χ1) is 17.2. The lowest BCUT2D eigenvalue weighted by molar-refractivity contribution is -0.141. The molecule has 0 aliphatic rings. The van der Waals surface area contributed by atoms with Crippen molar-refractivity contribution in [3.8, 4) is 0 Å². The third-order valence-corrected chi connectivity index (χ3v) is 33.1. The van der Waals surface area contributed by atoms with Gasteiger partial charge in [-0.2, -0.15) is 22.4 Å². The van der Waals surface area contributed by atoms with Crippen LogP contribution in [0.25, 0.3) is 0 Å². The normalized spacial score (nSPS) is 13.8. The van der Waals surface area contributed by atoms with E-state index in [-0.39, 0.29) is 5.97 Å². The van der Waals surface area contributed by atoms with Crippen LogP contribution in [0, 0.1) is 0 Å². The first-order valence-electron chi connectivity index (χ1n) is 15.3. The molecule has 0 rings (SSSR count). The summed E-state index contributed by atoms with van der Waals surface area (Å²) >= 11 is 4.68. The van der Waals surface area contributed by atoms with Crippen molar-refractivity contribution in [3.05, 3.63) is 10.3 Å². The van der Waals surface area contributed by atoms with Crippen LogP contribution in [0.15, 0.2) is 10.3 Å². The third kappa shape index (κ3) is 11.8. The Morgan fingerprint density at radius 3 is 1.38 bits per heavy atom. The summed E-state index contributed by atoms with van der Waals surface area (Å²) in [5, 5.41) is 2.70. The Kier molecular flexibility index (Phi) is 18.8. The molecular weight excluding hydrogens is 525 g/mol. The Morgan fingerprint density at radius 2 is 1.00 bits per heavy atom. The molecule has 0 N–H and O–H groups in total. The summed E-state index contributed by atoms with van der Waals surface area (Å²) in [7, 11) is -3.08. The number of allylic oxidation sites excluding steroid dienone is 1. The van der Waals surface area contributed by atoms with E-state index in [9.17, 15) is 4.79 Å². The van der Waals surface area contributed by atoms with E-state index in [1.807, 2.05) is 0 Å². The van der Waals surface area contributed by atoms with Gasteiger partial charge in [0, 0.05) is 6.92 Å². The minimum Gasteiger partial charge on any atom is -0.466 e. The SMILES string of the molecule is CC(=O)OCCCCCCCCC/C(=C/S[Si](C(C)C)(C(C)C)C(C)C)S[Si](C(C)C)(C(C)C)C(C)C. The molecule has 0 atom stereocenters. The van der Waals surface area contributed by atoms with Gasteiger partial charge in [-0.25, -0.2) is 0 Å². The fourth-order valence-corrected chi connectivity index (χ4v) is 25.8. The number of ether oxygens (including phenoxy) is 1. The highest BCUT2D eigenvalue weighted by Crippen LogP contribution is 2.55. The van der Waals surface area contributed by atoms with Crippen LogP contribution >= 0.6 is 22.4 Å². The predicted molar refractivity (Wildman–Crippen MR) is 179 cm³/mol. The first kappa shape index (κ1) is 37.3. The lowest BCUT2D eigenvalue weighted by Gasteiger charge is -2.44. The van der Waals surface area contributed by atoms with Crippen LogP contribution in [0.5, 0.6) is 0 Å². The molecule has 0 unspecified atom stereocenters. The lowest BCUT2D eigenvalue weighted by atomic mass is 10.1. The van der Waals surface area contributed by atoms with E-state index in [0.717, 1.165) is 39.7 Å². The fourth-order valence-electron chi connectivity index (χ4n) is 6.79. The lowest BCUT2D eigenvalue weighted by Crippen LogP contribution is -2.41. The summed E-state index contributed by atoms with van der Waals surface area (Å²) in [6.45, 7) is 32.0. The molecule has 0 aromatic carbocycles. The summed E-state index contributed by atoms with van der Waals surface area (Å²) in [6.07, 6.45) is 9.94. The number of carbonyl (C=O) groups excluding carboxylic acids is 1. The molecule has 0 aliphatic heterocycles. The average Bonchev–Trinajstić information content (AvgIpc) is 2.76. The summed E-state index contributed by atoms with van der Waals surface area (Å²) in [5.41, 5.74) is 4.68. The molecule has 0 spiro atoms. The molecule has 0 radical (unpaired) electrons. The molecule has 0 saturated carbocycles. The van der Waals surface area contributed by atoms with Crippen LogP contribution in [0.2, 0.25) is 33.2 Å². The average molecular weight is 589 g/mol. The monoisotopic (exact) mass is 588 g/mol. The van der Waals surface area contributed by atoms with E-state index >= 15 is 0 Å². The maximum absolute atomic E-state index is 10.9. The minimum absolute atomic E-state index is 0.158. The molecular formula is C31H64O2S2Si2. The molecule has 0 heterocycles. The van der Waals surface area contributed by atoms with Crippen LogP contribution in [0.4, 0.5) is 0 Å². The first-order valence-corrected chi connectivity index (χ1v) is 23.0. The molecule has 0 aromatic heterocycles. The van der Waals surface area contributed by atoms with Gasteiger partial charge in [0.25, 0.3) is 0 Å². The van der Waals surface area contributed by atoms with Gasteiger partial charge in [-0.15, -0.1) is 0 Å². The molecule has 6 heteroatoms. The molecule has 0 aliphatic carbocycles. The van der Waals surface area contributed by atoms with Gasteiger partial charge >= 0.3 is 5.97 Å². The second kappa shape index (κ2) is 18.6. The Hall–Kier alpha value is 0.344. The van der Waals surface area contributed by atoms with Crippen LogP contribution in [-0.2, 0) is 9.53 Å². The molecule has 220 valence electrons. The Morgan fingerprint density at radius 1 is 0.622 bits per heavy atom. The minimum atomic E-state index is -1.56. The number of hydrogen-bond donors (Lipinski definition) is 0. The van der Waals surface area contributed by atoms with Gasteiger partial charge in [-0.1, -0.05) is 115 Å². The highest BCUT2D eigenvalue weighted by Gasteiger charge is 2.46. The van der Waals surface area contributed by atoms with Crippen molar-refractivity contribution in [1.29, 1.82) is 0 Å². The fraction of sp³-hybridized carbons (Fsp3) is 0.903. The molecule has 0 fully saturated rings. The summed E-state index contributed by atoms with van der Waals surface area (Å²) < 4.78 is 5.05. The topological polar surface area (TPSA) is 26.3 Å². The zero-order chi connectivity index (χ0) is 28.8. The quantitative estimate of drug-likeness (QED) is 0.0802. The number of rotatable bonds is 20. The van der Waals surface area contributed by atoms with Gasteiger partial charge in [0.05, 0.1) is 6.61 Å². The van der Waals surface area contributed by atoms with Crippen molar-refractivity contribution in [2.24, 2.45) is 0 Å². The van der Waals surface area contributed by atoms with E-state index in [4.69, 9.17) is 4.74 Å². The van der Waals surface area contributed by atoms with Gasteiger partial charge in [-0.05, 0) is 62.8 Å². The molecule has 0 amide bonds. The van der Waals surface area contributed by atoms with Gasteiger partial charge in [-0.3, -0.25) is 4.79 Å². The van der Waals surface area contributed by atoms with Crippen LogP contribution in [0.3, 0.4) is 0 Å². The highest BCUT2D eigenvalue weighted by molar-refractivity contribution is 8.34. The van der Waals surface area contributed by atoms with E-state index in [0.29, 0.717) is 6.61 Å². The Balaban J connectivity index is 5.48. The van der Waals surface area contributed by atoms with Gasteiger partial charge in [0.1, 0.15) is 14.4 Å². The zero-order valence-electron chi connectivity index (χ0n) is 27.0. The predicted octanol–water partition coefficient (Wildman–Crippen LogP) is 12.3. The van der Waals surface area contributed by atoms with Crippen LogP contribution in [-0.4, -0.2) is 27.0 Å². The summed E-state index contributed by atoms with van der Waals surface area (Å²) in [4.78, 5) is 12.6. The summed E-state index contributed by atoms with van der Waals surface area (Å²) in [5.74, 6) is -0.158. The smallest absolute Gasteiger partial charge is 0.302 e. The second-order valence-corrected chi connectivity index (χ2v) is 30.1. The largest absolute Gasteiger partial charge is 0.466 e. The van der Waals surface area contributed by atoms with Crippen molar-refractivity contribution >= 4 is 42.8 Å². The molecule has 37 heavy (non-hydrogen) atoms. The van der Waals surface area contributed by atoms with Crippen molar-refractivity contribution in [2.45, 2.75) is 175 Å². The summed E-state index contributed by atoms with van der Waals surface area (Å²) in [6, 6.07) is 0. The molecule has 0 aromatic rings. The van der Waals surface area contributed by atoms with E-state index in [1.165, 1.54) is 51.9 Å². The number of unbranched alkanes of at least 4 members (excludes halogenated alkanes) is 6. The van der Waals surface area contributed by atoms with Crippen molar-refractivity contribution < 1.29 is 9.53 Å². The van der Waals surface area contributed by atoms with Gasteiger partial charge in [0.15, 0.2) is 0 Å². The standard InChI is InChI=1S/C31H64O2S2Si2/c1-24(2)36(25(3)4,26(5)6)34-23-31(35-37(27(7)8,28(9)10)29(11)12)21-19-17-15-14-16-18-20-22-33-30(13)32/h23-29H,14-22H2,1-13H3/b31-23-. The number of esters is 1. The molecule has 0 saturated heterocycles. The molecule has 0 bridgehead atoms. The maximum atomic E-state index is 10.9. The third-order valence-electron chi connectivity index (χ3n) is 8.49. The van der Waals surface area contributed by atoms with Crippen LogP contribution in [0.1, 0.15) is 141 Å². The second-order valence-electron chi connectivity index (χ2n) is 13.0. The van der Waals surface area contributed by atoms with Crippen molar-refractivity contribution in [1.82, 2.24) is 0 Å². The number of carbonyl (C=O) groups is 1. The van der Waals surface area contributed by atoms with E-state index < -0.39 is 14.4 Å². The van der Waals surface area contributed by atoms with Crippen molar-refractivity contribution in [2.75, 3.05) is 6.61 Å². The Labute approximate surface area is 243 Å². The number of hydrogen-bond acceptors (Lipinski definition) is 4. The van der Waals surface area contributed by atoms with E-state index in [1.54, 1.807) is 4.91 Å². The van der Waals surface area contributed by atoms with E-state index in [2.05, 4.69) is 111 Å². The van der Waals surface area contributed by atoms with Crippen LogP contribution < -0.4 is 0 Å².